The van der Waals surface area contributed by atoms with E-state index in [0.29, 0.717) is 31.0 Å². The third-order valence-electron chi connectivity index (χ3n) is 5.73. The molecule has 3 unspecified atom stereocenters. The number of aliphatic hydroxyl groups is 1. The fourth-order valence-electron chi connectivity index (χ4n) is 4.21. The predicted octanol–water partition coefficient (Wildman–Crippen LogP) is -0.0737. The van der Waals surface area contributed by atoms with Gasteiger partial charge in [-0.25, -0.2) is 9.18 Å². The quantitative estimate of drug-likeness (QED) is 0.710. The van der Waals surface area contributed by atoms with E-state index in [1.807, 2.05) is 4.90 Å². The first-order valence-electron chi connectivity index (χ1n) is 9.54. The monoisotopic (exact) mass is 406 g/mol. The Bertz CT molecular complexity index is 850. The number of halogens is 1. The molecule has 2 N–H and O–H groups in total. The van der Waals surface area contributed by atoms with Gasteiger partial charge in [0.15, 0.2) is 0 Å². The van der Waals surface area contributed by atoms with Crippen molar-refractivity contribution in [1.29, 1.82) is 0 Å². The Morgan fingerprint density at radius 2 is 2.07 bits per heavy atom. The molecule has 156 valence electrons. The zero-order chi connectivity index (χ0) is 20.7. The van der Waals surface area contributed by atoms with E-state index >= 15 is 0 Å². The number of nitrogens with zero attached hydrogens (tertiary/aromatic N) is 3. The average molecular weight is 406 g/mol. The van der Waals surface area contributed by atoms with Crippen molar-refractivity contribution in [3.63, 3.8) is 0 Å². The summed E-state index contributed by atoms with van der Waals surface area (Å²) in [7, 11) is 0. The Morgan fingerprint density at radius 3 is 2.76 bits per heavy atom. The number of likely N-dealkylation sites (tertiary alicyclic amines) is 1. The number of anilines is 2. The van der Waals surface area contributed by atoms with Crippen molar-refractivity contribution in [1.82, 2.24) is 10.2 Å². The van der Waals surface area contributed by atoms with Crippen LogP contribution in [0.15, 0.2) is 18.2 Å². The maximum absolute atomic E-state index is 14.8. The van der Waals surface area contributed by atoms with E-state index in [4.69, 9.17) is 9.84 Å². The lowest BCUT2D eigenvalue weighted by molar-refractivity contribution is -0.133. The number of ether oxygens (including phenoxy) is 1. The molecule has 3 aliphatic heterocycles. The van der Waals surface area contributed by atoms with Crippen molar-refractivity contribution < 1.29 is 28.6 Å². The summed E-state index contributed by atoms with van der Waals surface area (Å²) in [5.74, 6) is -0.705. The third-order valence-corrected chi connectivity index (χ3v) is 5.73. The third kappa shape index (κ3) is 3.59. The molecular weight excluding hydrogens is 383 g/mol. The Labute approximate surface area is 167 Å². The molecule has 3 amide bonds. The standard InChI is InChI=1S/C19H23FN4O5/c1-11(26)21-5-14-8-23(19(28)29-14)13-2-3-16(15(20)4-13)24-7-12-6-22(9-17(12)24)18(27)10-25/h2-4,12,14,17,25H,5-10H2,1H3,(H,21,26). The molecule has 1 aromatic rings. The molecule has 3 aliphatic rings. The van der Waals surface area contributed by atoms with Crippen molar-refractivity contribution in [3.05, 3.63) is 24.0 Å². The minimum atomic E-state index is -0.578. The number of cyclic esters (lactones) is 1. The van der Waals surface area contributed by atoms with E-state index in [0.717, 1.165) is 0 Å². The Morgan fingerprint density at radius 1 is 1.28 bits per heavy atom. The zero-order valence-electron chi connectivity index (χ0n) is 16.0. The molecule has 3 fully saturated rings. The number of hydrogen-bond acceptors (Lipinski definition) is 6. The fourth-order valence-corrected chi connectivity index (χ4v) is 4.21. The largest absolute Gasteiger partial charge is 0.442 e. The summed E-state index contributed by atoms with van der Waals surface area (Å²) in [4.78, 5) is 39.7. The fraction of sp³-hybridized carbons (Fsp3) is 0.526. The molecule has 0 aromatic heterocycles. The first kappa shape index (κ1) is 19.4. The van der Waals surface area contributed by atoms with Gasteiger partial charge in [0.25, 0.3) is 0 Å². The zero-order valence-corrected chi connectivity index (χ0v) is 16.0. The van der Waals surface area contributed by atoms with Gasteiger partial charge in [0, 0.05) is 32.5 Å². The van der Waals surface area contributed by atoms with Crippen LogP contribution < -0.4 is 15.1 Å². The van der Waals surface area contributed by atoms with Crippen molar-refractivity contribution in [2.45, 2.75) is 19.1 Å². The van der Waals surface area contributed by atoms with Crippen molar-refractivity contribution >= 4 is 29.3 Å². The van der Waals surface area contributed by atoms with E-state index in [1.54, 1.807) is 17.0 Å². The van der Waals surface area contributed by atoms with Crippen molar-refractivity contribution in [3.8, 4) is 0 Å². The average Bonchev–Trinajstić information content (AvgIpc) is 3.21. The van der Waals surface area contributed by atoms with Gasteiger partial charge in [0.1, 0.15) is 18.5 Å². The highest BCUT2D eigenvalue weighted by atomic mass is 19.1. The summed E-state index contributed by atoms with van der Waals surface area (Å²) in [5, 5.41) is 11.6. The van der Waals surface area contributed by atoms with Crippen LogP contribution in [0.5, 0.6) is 0 Å². The number of aliphatic hydroxyl groups excluding tert-OH is 1. The molecular formula is C19H23FN4O5. The van der Waals surface area contributed by atoms with Crippen LogP contribution >= 0.6 is 0 Å². The van der Waals surface area contributed by atoms with E-state index in [9.17, 15) is 18.8 Å². The molecule has 3 heterocycles. The van der Waals surface area contributed by atoms with Gasteiger partial charge in [0.2, 0.25) is 11.8 Å². The number of carbonyl (C=O) groups excluding carboxylic acids is 3. The van der Waals surface area contributed by atoms with Crippen LogP contribution in [-0.2, 0) is 14.3 Å². The van der Waals surface area contributed by atoms with E-state index in [-0.39, 0.29) is 36.9 Å². The number of benzene rings is 1. The maximum atomic E-state index is 14.8. The van der Waals surface area contributed by atoms with Crippen LogP contribution in [0, 0.1) is 11.7 Å². The van der Waals surface area contributed by atoms with Crippen molar-refractivity contribution in [2.24, 2.45) is 5.92 Å². The second-order valence-corrected chi connectivity index (χ2v) is 7.63. The second-order valence-electron chi connectivity index (χ2n) is 7.63. The summed E-state index contributed by atoms with van der Waals surface area (Å²) >= 11 is 0. The number of amides is 3. The maximum Gasteiger partial charge on any atom is 0.414 e. The molecule has 0 radical (unpaired) electrons. The van der Waals surface area contributed by atoms with Crippen LogP contribution in [0.25, 0.3) is 0 Å². The van der Waals surface area contributed by atoms with Gasteiger partial charge in [0.05, 0.1) is 30.5 Å². The summed E-state index contributed by atoms with van der Waals surface area (Å²) in [6, 6.07) is 4.63. The highest BCUT2D eigenvalue weighted by Gasteiger charge is 2.47. The Balaban J connectivity index is 1.42. The molecule has 0 spiro atoms. The summed E-state index contributed by atoms with van der Waals surface area (Å²) in [5.41, 5.74) is 0.817. The van der Waals surface area contributed by atoms with E-state index in [2.05, 4.69) is 5.32 Å². The molecule has 3 saturated heterocycles. The van der Waals surface area contributed by atoms with Crippen LogP contribution in [-0.4, -0.2) is 79.4 Å². The molecule has 0 bridgehead atoms. The summed E-state index contributed by atoms with van der Waals surface area (Å²) in [6.45, 7) is 2.98. The number of nitrogens with one attached hydrogen (secondary N) is 1. The number of rotatable bonds is 5. The lowest BCUT2D eigenvalue weighted by Crippen LogP contribution is -2.56. The minimum absolute atomic E-state index is 0.0321. The molecule has 29 heavy (non-hydrogen) atoms. The molecule has 9 nitrogen and oxygen atoms in total. The van der Waals surface area contributed by atoms with Crippen LogP contribution in [0.3, 0.4) is 0 Å². The molecule has 4 rings (SSSR count). The minimum Gasteiger partial charge on any atom is -0.442 e. The molecule has 0 aliphatic carbocycles. The smallest absolute Gasteiger partial charge is 0.414 e. The lowest BCUT2D eigenvalue weighted by atomic mass is 9.91. The van der Waals surface area contributed by atoms with Gasteiger partial charge in [-0.15, -0.1) is 0 Å². The SMILES string of the molecule is CC(=O)NCC1CN(c2ccc(N3CC4CN(C(=O)CO)CC43)c(F)c2)C(=O)O1. The topological polar surface area (TPSA) is 102 Å². The number of fused-ring (bicyclic) bond motifs is 1. The number of carbonyl (C=O) groups is 3. The Hall–Kier alpha value is -2.88. The van der Waals surface area contributed by atoms with Crippen LogP contribution in [0.1, 0.15) is 6.92 Å². The first-order chi connectivity index (χ1) is 13.9. The normalized spacial score (nSPS) is 25.6. The van der Waals surface area contributed by atoms with Gasteiger partial charge >= 0.3 is 6.09 Å². The van der Waals surface area contributed by atoms with Gasteiger partial charge in [-0.3, -0.25) is 14.5 Å². The molecule has 0 saturated carbocycles. The van der Waals surface area contributed by atoms with Gasteiger partial charge in [-0.1, -0.05) is 0 Å². The molecule has 3 atom stereocenters. The van der Waals surface area contributed by atoms with Gasteiger partial charge in [-0.05, 0) is 18.2 Å². The first-order valence-corrected chi connectivity index (χ1v) is 9.54. The Kier molecular flexibility index (Phi) is 5.03. The summed E-state index contributed by atoms with van der Waals surface area (Å²) < 4.78 is 20.0. The number of hydrogen-bond donors (Lipinski definition) is 2. The highest BCUT2D eigenvalue weighted by Crippen LogP contribution is 2.38. The summed E-state index contributed by atoms with van der Waals surface area (Å²) in [6.07, 6.45) is -1.07. The van der Waals surface area contributed by atoms with E-state index in [1.165, 1.54) is 17.9 Å². The predicted molar refractivity (Wildman–Crippen MR) is 101 cm³/mol. The van der Waals surface area contributed by atoms with Crippen LogP contribution in [0.2, 0.25) is 0 Å². The van der Waals surface area contributed by atoms with E-state index < -0.39 is 24.6 Å². The molecule has 1 aromatic carbocycles. The highest BCUT2D eigenvalue weighted by molar-refractivity contribution is 5.90. The second kappa shape index (κ2) is 7.51. The van der Waals surface area contributed by atoms with Crippen molar-refractivity contribution in [2.75, 3.05) is 49.1 Å². The van der Waals surface area contributed by atoms with Crippen LogP contribution in [0.4, 0.5) is 20.6 Å². The lowest BCUT2D eigenvalue weighted by Gasteiger charge is -2.45. The molecule has 10 heteroatoms. The van der Waals surface area contributed by atoms with Gasteiger partial charge in [-0.2, -0.15) is 0 Å². The van der Waals surface area contributed by atoms with Gasteiger partial charge < -0.3 is 25.0 Å².